The van der Waals surface area contributed by atoms with Gasteiger partial charge in [-0.05, 0) is 69.8 Å². The summed E-state index contributed by atoms with van der Waals surface area (Å²) >= 11 is 3.73. The third-order valence-electron chi connectivity index (χ3n) is 6.04. The topological polar surface area (TPSA) is 17.1 Å². The normalized spacial score (nSPS) is 13.0. The largest absolute Gasteiger partial charge is 0.289 e. The van der Waals surface area contributed by atoms with Crippen LogP contribution in [0, 0.1) is 0 Å². The maximum Gasteiger partial charge on any atom is 0.194 e. The summed E-state index contributed by atoms with van der Waals surface area (Å²) < 4.78 is 0.360. The van der Waals surface area contributed by atoms with E-state index in [0.717, 1.165) is 44.5 Å². The van der Waals surface area contributed by atoms with E-state index >= 15 is 0 Å². The van der Waals surface area contributed by atoms with Gasteiger partial charge in [-0.2, -0.15) is 0 Å². The maximum absolute atomic E-state index is 13.5. The number of benzene rings is 4. The molecular weight excluding hydrogens is 476 g/mol. The van der Waals surface area contributed by atoms with Crippen LogP contribution in [0.25, 0.3) is 33.4 Å². The number of thioether (sulfide) groups is 2. The van der Waals surface area contributed by atoms with Crippen molar-refractivity contribution in [1.29, 1.82) is 0 Å². The van der Waals surface area contributed by atoms with Crippen LogP contribution in [0.5, 0.6) is 0 Å². The van der Waals surface area contributed by atoms with Crippen molar-refractivity contribution in [2.24, 2.45) is 0 Å². The van der Waals surface area contributed by atoms with Crippen LogP contribution in [-0.4, -0.2) is 15.3 Å². The number of carbonyl (C=O) groups excluding carboxylic acids is 1. The molecule has 0 aromatic heterocycles. The Morgan fingerprint density at radius 2 is 0.778 bits per heavy atom. The van der Waals surface area contributed by atoms with Gasteiger partial charge in [-0.25, -0.2) is 0 Å². The molecule has 1 nitrogen and oxygen atoms in total. The minimum Gasteiger partial charge on any atom is -0.289 e. The van der Waals surface area contributed by atoms with Gasteiger partial charge in [0.05, 0.1) is 0 Å². The van der Waals surface area contributed by atoms with Gasteiger partial charge in [0.1, 0.15) is 0 Å². The molecule has 1 aliphatic carbocycles. The lowest BCUT2D eigenvalue weighted by molar-refractivity contribution is 0.104. The molecule has 0 bridgehead atoms. The van der Waals surface area contributed by atoms with Crippen molar-refractivity contribution in [3.63, 3.8) is 0 Å². The lowest BCUT2D eigenvalue weighted by atomic mass is 9.98. The van der Waals surface area contributed by atoms with Gasteiger partial charge in [-0.1, -0.05) is 90.1 Å². The summed E-state index contributed by atoms with van der Waals surface area (Å²) in [6, 6.07) is 29.9. The second kappa shape index (κ2) is 9.28. The Bertz CT molecular complexity index is 1320. The predicted octanol–water partition coefficient (Wildman–Crippen LogP) is 10.0. The summed E-state index contributed by atoms with van der Waals surface area (Å²) in [5.41, 5.74) is 8.07. The van der Waals surface area contributed by atoms with Crippen LogP contribution >= 0.6 is 23.5 Å². The first-order valence-corrected chi connectivity index (χ1v) is 14.0. The molecule has 0 saturated carbocycles. The van der Waals surface area contributed by atoms with Gasteiger partial charge in [-0.3, -0.25) is 4.79 Å². The van der Waals surface area contributed by atoms with Crippen molar-refractivity contribution in [2.75, 3.05) is 0 Å². The van der Waals surface area contributed by atoms with Gasteiger partial charge in [0, 0.05) is 30.4 Å². The Morgan fingerprint density at radius 3 is 1.11 bits per heavy atom. The van der Waals surface area contributed by atoms with Gasteiger partial charge in [0.25, 0.3) is 0 Å². The van der Waals surface area contributed by atoms with Gasteiger partial charge < -0.3 is 0 Å². The minimum atomic E-state index is 0.114. The fraction of sp³-hybridized carbons (Fsp3) is 0.242. The van der Waals surface area contributed by atoms with E-state index in [2.05, 4.69) is 126 Å². The summed E-state index contributed by atoms with van der Waals surface area (Å²) in [4.78, 5) is 16.0. The quantitative estimate of drug-likeness (QED) is 0.225. The molecule has 0 aliphatic heterocycles. The zero-order chi connectivity index (χ0) is 25.7. The van der Waals surface area contributed by atoms with Crippen LogP contribution in [0.3, 0.4) is 0 Å². The van der Waals surface area contributed by atoms with Crippen molar-refractivity contribution < 1.29 is 4.79 Å². The summed E-state index contributed by atoms with van der Waals surface area (Å²) in [5, 5.41) is 0. The Labute approximate surface area is 223 Å². The zero-order valence-corrected chi connectivity index (χ0v) is 23.4. The van der Waals surface area contributed by atoms with Crippen molar-refractivity contribution in [2.45, 2.75) is 60.8 Å². The molecule has 0 radical (unpaired) electrons. The molecule has 0 heterocycles. The van der Waals surface area contributed by atoms with E-state index in [4.69, 9.17) is 0 Å². The van der Waals surface area contributed by atoms with E-state index in [1.165, 1.54) is 9.79 Å². The first-order valence-electron chi connectivity index (χ1n) is 12.4. The Hall–Kier alpha value is -2.75. The summed E-state index contributed by atoms with van der Waals surface area (Å²) in [7, 11) is 0. The fourth-order valence-corrected chi connectivity index (χ4v) is 6.53. The summed E-state index contributed by atoms with van der Waals surface area (Å²) in [5.74, 6) is 0.114. The summed E-state index contributed by atoms with van der Waals surface area (Å²) in [6.07, 6.45) is 0. The number of fused-ring (bicyclic) bond motifs is 3. The molecule has 5 rings (SSSR count). The van der Waals surface area contributed by atoms with E-state index in [-0.39, 0.29) is 15.3 Å². The second-order valence-corrected chi connectivity index (χ2v) is 15.1. The molecule has 0 atom stereocenters. The molecule has 0 saturated heterocycles. The summed E-state index contributed by atoms with van der Waals surface area (Å²) in [6.45, 7) is 13.3. The van der Waals surface area contributed by atoms with E-state index in [9.17, 15) is 4.79 Å². The Kier molecular flexibility index (Phi) is 6.43. The third-order valence-corrected chi connectivity index (χ3v) is 8.28. The van der Waals surface area contributed by atoms with Crippen molar-refractivity contribution >= 4 is 29.3 Å². The molecule has 0 N–H and O–H groups in total. The average molecular weight is 509 g/mol. The monoisotopic (exact) mass is 508 g/mol. The second-order valence-electron chi connectivity index (χ2n) is 11.3. The minimum absolute atomic E-state index is 0.114. The molecule has 36 heavy (non-hydrogen) atoms. The Morgan fingerprint density at radius 1 is 0.444 bits per heavy atom. The average Bonchev–Trinajstić information content (AvgIpc) is 3.09. The highest BCUT2D eigenvalue weighted by atomic mass is 32.2. The van der Waals surface area contributed by atoms with Crippen LogP contribution < -0.4 is 0 Å². The number of hydrogen-bond donors (Lipinski definition) is 0. The van der Waals surface area contributed by atoms with Gasteiger partial charge >= 0.3 is 0 Å². The van der Waals surface area contributed by atoms with Gasteiger partial charge in [0.2, 0.25) is 0 Å². The number of carbonyl (C=O) groups is 1. The highest BCUT2D eigenvalue weighted by molar-refractivity contribution is 8.00. The standard InChI is InChI=1S/C33H32OS2/c1-32(2,3)35-25-13-7-21(8-14-25)23-11-17-27-28-18-12-24(20-30(28)31(34)29(27)19-23)22-9-15-26(16-10-22)36-33(4,5)6/h7-20H,1-6H3. The van der Waals surface area contributed by atoms with E-state index in [1.807, 2.05) is 23.5 Å². The Balaban J connectivity index is 1.41. The third kappa shape index (κ3) is 5.33. The van der Waals surface area contributed by atoms with Crippen molar-refractivity contribution in [3.8, 4) is 33.4 Å². The van der Waals surface area contributed by atoms with Crippen LogP contribution in [0.1, 0.15) is 57.5 Å². The molecule has 0 spiro atoms. The molecule has 4 aromatic rings. The van der Waals surface area contributed by atoms with Gasteiger partial charge in [-0.15, -0.1) is 23.5 Å². The zero-order valence-electron chi connectivity index (χ0n) is 21.8. The molecule has 0 unspecified atom stereocenters. The van der Waals surface area contributed by atoms with Gasteiger partial charge in [0.15, 0.2) is 5.78 Å². The van der Waals surface area contributed by atoms with Crippen molar-refractivity contribution in [3.05, 3.63) is 96.1 Å². The fourth-order valence-electron chi connectivity index (χ4n) is 4.58. The molecule has 4 aromatic carbocycles. The molecule has 0 amide bonds. The van der Waals surface area contributed by atoms with E-state index in [0.29, 0.717) is 0 Å². The SMILES string of the molecule is CC(C)(C)Sc1ccc(-c2ccc3c(c2)C(=O)c2cc(-c4ccc(SC(C)(C)C)cc4)ccc2-3)cc1. The molecular formula is C33H32OS2. The van der Waals surface area contributed by atoms with E-state index < -0.39 is 0 Å². The number of rotatable bonds is 4. The number of ketones is 1. The van der Waals surface area contributed by atoms with Crippen LogP contribution in [0.15, 0.2) is 94.7 Å². The van der Waals surface area contributed by atoms with Crippen molar-refractivity contribution in [1.82, 2.24) is 0 Å². The predicted molar refractivity (Wildman–Crippen MR) is 157 cm³/mol. The highest BCUT2D eigenvalue weighted by Crippen LogP contribution is 2.41. The maximum atomic E-state index is 13.5. The lowest BCUT2D eigenvalue weighted by Gasteiger charge is -2.17. The first-order chi connectivity index (χ1) is 17.0. The molecule has 182 valence electrons. The highest BCUT2D eigenvalue weighted by Gasteiger charge is 2.27. The van der Waals surface area contributed by atoms with E-state index in [1.54, 1.807) is 0 Å². The van der Waals surface area contributed by atoms with Crippen LogP contribution in [0.4, 0.5) is 0 Å². The molecule has 1 aliphatic rings. The molecule has 3 heteroatoms. The molecule has 0 fully saturated rings. The lowest BCUT2D eigenvalue weighted by Crippen LogP contribution is -2.06. The van der Waals surface area contributed by atoms with Crippen LogP contribution in [-0.2, 0) is 0 Å². The smallest absolute Gasteiger partial charge is 0.194 e. The number of hydrogen-bond acceptors (Lipinski definition) is 3. The van der Waals surface area contributed by atoms with Crippen LogP contribution in [0.2, 0.25) is 0 Å². The first kappa shape index (κ1) is 24.9.